The lowest BCUT2D eigenvalue weighted by molar-refractivity contribution is -0.123. The Labute approximate surface area is 137 Å². The molecule has 0 aliphatic rings. The van der Waals surface area contributed by atoms with E-state index in [1.54, 1.807) is 6.08 Å². The molecule has 0 bridgehead atoms. The number of para-hydroxylation sites is 1. The average molecular weight is 321 g/mol. The second-order valence-corrected chi connectivity index (χ2v) is 5.22. The summed E-state index contributed by atoms with van der Waals surface area (Å²) in [6.07, 6.45) is 2.68. The maximum Gasteiger partial charge on any atom is 0.276 e. The molecule has 0 aliphatic heterocycles. The highest BCUT2D eigenvalue weighted by molar-refractivity contribution is 7.80. The molecule has 1 rings (SSSR count). The van der Waals surface area contributed by atoms with Crippen molar-refractivity contribution in [2.45, 2.75) is 26.2 Å². The van der Waals surface area contributed by atoms with Crippen LogP contribution in [0.2, 0.25) is 0 Å². The topological polar surface area (TPSA) is 62.4 Å². The zero-order chi connectivity index (χ0) is 16.4. The van der Waals surface area contributed by atoms with Gasteiger partial charge in [-0.25, -0.2) is 0 Å². The normalized spacial score (nSPS) is 11.2. The van der Waals surface area contributed by atoms with E-state index in [0.29, 0.717) is 17.6 Å². The van der Waals surface area contributed by atoms with Gasteiger partial charge in [-0.2, -0.15) is 0 Å². The van der Waals surface area contributed by atoms with Gasteiger partial charge in [0.2, 0.25) is 0 Å². The molecule has 0 aromatic heterocycles. The Morgan fingerprint density at radius 1 is 1.41 bits per heavy atom. The molecule has 0 heterocycles. The standard InChI is InChI=1S/C16H23N3O2S/c1-4-10-17-16(22)19-18-15(20)11-21-14-9-7-6-8-13(14)12(3)5-2/h4,6-9,12H,1,5,10-11H2,2-3H3,(H,18,20)(H2,17,19,22). The fraction of sp³-hybridized carbons (Fsp3) is 0.375. The zero-order valence-corrected chi connectivity index (χ0v) is 13.8. The van der Waals surface area contributed by atoms with E-state index in [-0.39, 0.29) is 12.5 Å². The molecule has 0 fully saturated rings. The summed E-state index contributed by atoms with van der Waals surface area (Å²) in [6, 6.07) is 7.76. The van der Waals surface area contributed by atoms with Crippen LogP contribution in [0.1, 0.15) is 31.7 Å². The molecule has 0 aliphatic carbocycles. The Bertz CT molecular complexity index is 520. The number of hydrazine groups is 1. The minimum absolute atomic E-state index is 0.0788. The monoisotopic (exact) mass is 321 g/mol. The van der Waals surface area contributed by atoms with Crippen molar-refractivity contribution >= 4 is 23.2 Å². The highest BCUT2D eigenvalue weighted by Crippen LogP contribution is 2.28. The first-order valence-electron chi connectivity index (χ1n) is 7.23. The van der Waals surface area contributed by atoms with E-state index < -0.39 is 0 Å². The van der Waals surface area contributed by atoms with Gasteiger partial charge in [-0.05, 0) is 36.2 Å². The number of carbonyl (C=O) groups excluding carboxylic acids is 1. The van der Waals surface area contributed by atoms with Crippen LogP contribution in [0.5, 0.6) is 5.75 Å². The van der Waals surface area contributed by atoms with Crippen LogP contribution < -0.4 is 20.9 Å². The van der Waals surface area contributed by atoms with Crippen molar-refractivity contribution < 1.29 is 9.53 Å². The molecule has 0 saturated heterocycles. The van der Waals surface area contributed by atoms with Gasteiger partial charge in [-0.1, -0.05) is 38.1 Å². The SMILES string of the molecule is C=CCNC(=S)NNC(=O)COc1ccccc1C(C)CC. The van der Waals surface area contributed by atoms with Crippen LogP contribution in [0.4, 0.5) is 0 Å². The number of thiocarbonyl (C=S) groups is 1. The summed E-state index contributed by atoms with van der Waals surface area (Å²) < 4.78 is 5.60. The summed E-state index contributed by atoms with van der Waals surface area (Å²) >= 11 is 4.96. The van der Waals surface area contributed by atoms with Gasteiger partial charge < -0.3 is 10.1 Å². The van der Waals surface area contributed by atoms with Crippen LogP contribution in [0.25, 0.3) is 0 Å². The minimum atomic E-state index is -0.304. The first-order valence-corrected chi connectivity index (χ1v) is 7.64. The van der Waals surface area contributed by atoms with E-state index in [1.807, 2.05) is 24.3 Å². The van der Waals surface area contributed by atoms with E-state index in [1.165, 1.54) is 0 Å². The smallest absolute Gasteiger partial charge is 0.276 e. The number of ether oxygens (including phenoxy) is 1. The molecule has 0 radical (unpaired) electrons. The number of hydrogen-bond donors (Lipinski definition) is 3. The highest BCUT2D eigenvalue weighted by atomic mass is 32.1. The Balaban J connectivity index is 2.44. The fourth-order valence-corrected chi connectivity index (χ4v) is 1.89. The van der Waals surface area contributed by atoms with Crippen molar-refractivity contribution in [3.05, 3.63) is 42.5 Å². The molecule has 1 aromatic carbocycles. The van der Waals surface area contributed by atoms with Gasteiger partial charge in [-0.15, -0.1) is 6.58 Å². The molecule has 1 atom stereocenters. The van der Waals surface area contributed by atoms with Gasteiger partial charge in [-0.3, -0.25) is 15.6 Å². The van der Waals surface area contributed by atoms with E-state index in [4.69, 9.17) is 17.0 Å². The summed E-state index contributed by atoms with van der Waals surface area (Å²) in [5.41, 5.74) is 6.17. The van der Waals surface area contributed by atoms with Crippen LogP contribution in [-0.2, 0) is 4.79 Å². The van der Waals surface area contributed by atoms with Crippen LogP contribution in [0, 0.1) is 0 Å². The molecule has 22 heavy (non-hydrogen) atoms. The first kappa shape index (κ1) is 18.0. The zero-order valence-electron chi connectivity index (χ0n) is 13.0. The summed E-state index contributed by atoms with van der Waals surface area (Å²) in [7, 11) is 0. The first-order chi connectivity index (χ1) is 10.6. The van der Waals surface area contributed by atoms with Crippen LogP contribution >= 0.6 is 12.2 Å². The quantitative estimate of drug-likeness (QED) is 0.408. The number of amides is 1. The molecule has 1 aromatic rings. The number of rotatable bonds is 7. The summed E-state index contributed by atoms with van der Waals surface area (Å²) in [6.45, 7) is 8.27. The molecular weight excluding hydrogens is 298 g/mol. The third-order valence-corrected chi connectivity index (χ3v) is 3.39. The van der Waals surface area contributed by atoms with Gasteiger partial charge in [0.05, 0.1) is 0 Å². The third-order valence-electron chi connectivity index (χ3n) is 3.14. The van der Waals surface area contributed by atoms with Gasteiger partial charge in [0.1, 0.15) is 5.75 Å². The highest BCUT2D eigenvalue weighted by Gasteiger charge is 2.11. The summed E-state index contributed by atoms with van der Waals surface area (Å²) in [4.78, 5) is 11.7. The van der Waals surface area contributed by atoms with Gasteiger partial charge in [0, 0.05) is 6.54 Å². The van der Waals surface area contributed by atoms with Gasteiger partial charge >= 0.3 is 0 Å². The van der Waals surface area contributed by atoms with E-state index in [9.17, 15) is 4.79 Å². The number of nitrogens with one attached hydrogen (secondary N) is 3. The maximum absolute atomic E-state index is 11.7. The second-order valence-electron chi connectivity index (χ2n) is 4.81. The van der Waals surface area contributed by atoms with Crippen molar-refractivity contribution in [1.29, 1.82) is 0 Å². The van der Waals surface area contributed by atoms with Crippen molar-refractivity contribution in [3.63, 3.8) is 0 Å². The Hall–Kier alpha value is -2.08. The third kappa shape index (κ3) is 6.13. The molecular formula is C16H23N3O2S. The predicted molar refractivity (Wildman–Crippen MR) is 92.7 cm³/mol. The number of carbonyl (C=O) groups is 1. The predicted octanol–water partition coefficient (Wildman–Crippen LogP) is 2.26. The van der Waals surface area contributed by atoms with Crippen molar-refractivity contribution in [1.82, 2.24) is 16.2 Å². The fourth-order valence-electron chi connectivity index (χ4n) is 1.75. The summed E-state index contributed by atoms with van der Waals surface area (Å²) in [5, 5.41) is 3.17. The van der Waals surface area contributed by atoms with E-state index >= 15 is 0 Å². The van der Waals surface area contributed by atoms with Crippen molar-refractivity contribution in [3.8, 4) is 5.75 Å². The second kappa shape index (κ2) is 9.78. The molecule has 6 heteroatoms. The van der Waals surface area contributed by atoms with E-state index in [0.717, 1.165) is 17.7 Å². The molecule has 1 amide bonds. The summed E-state index contributed by atoms with van der Waals surface area (Å²) in [5.74, 6) is 0.814. The lowest BCUT2D eigenvalue weighted by Gasteiger charge is -2.16. The molecule has 0 spiro atoms. The number of hydrogen-bond acceptors (Lipinski definition) is 3. The Morgan fingerprint density at radius 2 is 2.14 bits per heavy atom. The maximum atomic E-state index is 11.7. The van der Waals surface area contributed by atoms with Gasteiger partial charge in [0.15, 0.2) is 11.7 Å². The van der Waals surface area contributed by atoms with E-state index in [2.05, 4.69) is 36.6 Å². The van der Waals surface area contributed by atoms with Crippen LogP contribution in [0.3, 0.4) is 0 Å². The molecule has 3 N–H and O–H groups in total. The minimum Gasteiger partial charge on any atom is -0.483 e. The number of benzene rings is 1. The van der Waals surface area contributed by atoms with Crippen LogP contribution in [-0.4, -0.2) is 24.2 Å². The molecule has 120 valence electrons. The van der Waals surface area contributed by atoms with Gasteiger partial charge in [0.25, 0.3) is 5.91 Å². The molecule has 1 unspecified atom stereocenters. The molecule has 5 nitrogen and oxygen atoms in total. The molecule has 0 saturated carbocycles. The largest absolute Gasteiger partial charge is 0.483 e. The lowest BCUT2D eigenvalue weighted by atomic mass is 9.98. The Kier molecular flexibility index (Phi) is 7.99. The van der Waals surface area contributed by atoms with Crippen LogP contribution in [0.15, 0.2) is 36.9 Å². The lowest BCUT2D eigenvalue weighted by Crippen LogP contribution is -2.48. The van der Waals surface area contributed by atoms with Crippen molar-refractivity contribution in [2.75, 3.05) is 13.2 Å². The Morgan fingerprint density at radius 3 is 2.82 bits per heavy atom. The van der Waals surface area contributed by atoms with Crippen molar-refractivity contribution in [2.24, 2.45) is 0 Å². The average Bonchev–Trinajstić information content (AvgIpc) is 2.55.